The van der Waals surface area contributed by atoms with Gasteiger partial charge in [-0.05, 0) is 49.1 Å². The number of nitrogens with zero attached hydrogens (tertiary/aromatic N) is 1. The number of amides is 2. The van der Waals surface area contributed by atoms with E-state index in [1.54, 1.807) is 19.2 Å². The van der Waals surface area contributed by atoms with Gasteiger partial charge < -0.3 is 4.74 Å². The lowest BCUT2D eigenvalue weighted by atomic mass is 9.91. The zero-order valence-corrected chi connectivity index (χ0v) is 16.5. The largest absolute Gasteiger partial charge is 0.385 e. The van der Waals surface area contributed by atoms with Crippen LogP contribution < -0.4 is 0 Å². The van der Waals surface area contributed by atoms with Gasteiger partial charge in [0.2, 0.25) is 0 Å². The Morgan fingerprint density at radius 1 is 0.897 bits per heavy atom. The van der Waals surface area contributed by atoms with Crippen molar-refractivity contribution in [3.63, 3.8) is 0 Å². The molecule has 2 amide bonds. The Morgan fingerprint density at radius 3 is 2.34 bits per heavy atom. The summed E-state index contributed by atoms with van der Waals surface area (Å²) in [6.07, 6.45) is 0.611. The van der Waals surface area contributed by atoms with Gasteiger partial charge in [-0.1, -0.05) is 41.7 Å². The van der Waals surface area contributed by atoms with Crippen LogP contribution in [0.4, 0.5) is 0 Å². The maximum Gasteiger partial charge on any atom is 0.261 e. The number of hydrogen-bond donors (Lipinski definition) is 0. The van der Waals surface area contributed by atoms with Gasteiger partial charge in [0, 0.05) is 47.9 Å². The first kappa shape index (κ1) is 18.9. The number of methoxy groups -OCH3 is 1. The van der Waals surface area contributed by atoms with Gasteiger partial charge in [0.15, 0.2) is 0 Å². The molecule has 0 aliphatic carbocycles. The molecule has 0 fully saturated rings. The van der Waals surface area contributed by atoms with E-state index < -0.39 is 0 Å². The third-order valence-corrected chi connectivity index (χ3v) is 5.12. The average molecular weight is 383 g/mol. The van der Waals surface area contributed by atoms with Crippen LogP contribution in [0.1, 0.15) is 43.8 Å². The van der Waals surface area contributed by atoms with Crippen molar-refractivity contribution in [3.05, 3.63) is 82.4 Å². The van der Waals surface area contributed by atoms with Crippen LogP contribution in [-0.4, -0.2) is 37.0 Å². The van der Waals surface area contributed by atoms with E-state index >= 15 is 0 Å². The maximum atomic E-state index is 13.0. The minimum atomic E-state index is -0.257. The quantitative estimate of drug-likeness (QED) is 0.386. The Morgan fingerprint density at radius 2 is 1.62 bits per heavy atom. The summed E-state index contributed by atoms with van der Waals surface area (Å²) in [6, 6.07) is 17.2. The Kier molecular flexibility index (Phi) is 5.16. The second kappa shape index (κ2) is 7.90. The average Bonchev–Trinajstić information content (AvgIpc) is 2.74. The normalized spacial score (nSPS) is 12.8. The number of hydrogen-bond acceptors (Lipinski definition) is 3. The molecule has 3 aromatic rings. The molecule has 0 saturated carbocycles. The topological polar surface area (TPSA) is 46.6 Å². The first-order valence-corrected chi connectivity index (χ1v) is 9.59. The van der Waals surface area contributed by atoms with E-state index in [4.69, 9.17) is 4.74 Å². The van der Waals surface area contributed by atoms with Gasteiger partial charge in [-0.3, -0.25) is 14.5 Å². The second-order valence-electron chi connectivity index (χ2n) is 7.11. The summed E-state index contributed by atoms with van der Waals surface area (Å²) in [5, 5.41) is 1.53. The van der Waals surface area contributed by atoms with Crippen LogP contribution in [0.2, 0.25) is 0 Å². The molecule has 1 heterocycles. The molecule has 4 nitrogen and oxygen atoms in total. The molecule has 0 bridgehead atoms. The number of benzene rings is 3. The zero-order chi connectivity index (χ0) is 20.4. The van der Waals surface area contributed by atoms with Gasteiger partial charge in [0.1, 0.15) is 0 Å². The van der Waals surface area contributed by atoms with Crippen LogP contribution in [-0.2, 0) is 4.74 Å². The van der Waals surface area contributed by atoms with Crippen molar-refractivity contribution in [1.82, 2.24) is 4.90 Å². The van der Waals surface area contributed by atoms with Gasteiger partial charge in [-0.2, -0.15) is 0 Å². The lowest BCUT2D eigenvalue weighted by molar-refractivity contribution is 0.0595. The standard InChI is InChI=1S/C25H21NO3/c1-17-7-9-18(10-8-17)11-12-19-13-14-22-23-20(19)5-3-6-21(23)24(27)26(25(22)28)15-4-16-29-2/h3,5-10,13-14H,4,15-16H2,1-2H3. The van der Waals surface area contributed by atoms with E-state index in [-0.39, 0.29) is 11.8 Å². The van der Waals surface area contributed by atoms with Crippen molar-refractivity contribution >= 4 is 22.6 Å². The van der Waals surface area contributed by atoms with Crippen LogP contribution in [0.25, 0.3) is 10.8 Å². The molecule has 3 aromatic carbocycles. The van der Waals surface area contributed by atoms with Crippen LogP contribution in [0.15, 0.2) is 54.6 Å². The highest BCUT2D eigenvalue weighted by molar-refractivity contribution is 6.26. The molecular weight excluding hydrogens is 362 g/mol. The molecule has 0 atom stereocenters. The summed E-state index contributed by atoms with van der Waals surface area (Å²) >= 11 is 0. The SMILES string of the molecule is COCCCN1C(=O)c2cccc3c(C#Cc4ccc(C)cc4)ccc(c23)C1=O. The molecule has 4 heteroatoms. The number of carbonyl (C=O) groups excluding carboxylic acids is 2. The smallest absolute Gasteiger partial charge is 0.261 e. The third-order valence-electron chi connectivity index (χ3n) is 5.12. The predicted molar refractivity (Wildman–Crippen MR) is 113 cm³/mol. The molecule has 29 heavy (non-hydrogen) atoms. The van der Waals surface area contributed by atoms with Gasteiger partial charge >= 0.3 is 0 Å². The van der Waals surface area contributed by atoms with Crippen LogP contribution in [0.3, 0.4) is 0 Å². The van der Waals surface area contributed by atoms with Crippen molar-refractivity contribution in [2.45, 2.75) is 13.3 Å². The minimum absolute atomic E-state index is 0.257. The fourth-order valence-electron chi connectivity index (χ4n) is 3.60. The number of rotatable bonds is 4. The van der Waals surface area contributed by atoms with E-state index in [0.29, 0.717) is 36.1 Å². The lowest BCUT2D eigenvalue weighted by Gasteiger charge is -2.27. The number of aryl methyl sites for hydroxylation is 1. The molecule has 0 radical (unpaired) electrons. The van der Waals surface area contributed by atoms with Gasteiger partial charge in [-0.25, -0.2) is 0 Å². The maximum absolute atomic E-state index is 13.0. The van der Waals surface area contributed by atoms with Crippen LogP contribution in [0.5, 0.6) is 0 Å². The summed E-state index contributed by atoms with van der Waals surface area (Å²) in [4.78, 5) is 27.2. The molecular formula is C25H21NO3. The molecule has 4 rings (SSSR count). The van der Waals surface area contributed by atoms with Crippen molar-refractivity contribution in [2.75, 3.05) is 20.3 Å². The number of carbonyl (C=O) groups is 2. The summed E-state index contributed by atoms with van der Waals surface area (Å²) in [5.74, 6) is 5.87. The van der Waals surface area contributed by atoms with Gasteiger partial charge in [0.25, 0.3) is 11.8 Å². The Hall–Kier alpha value is -3.42. The molecule has 0 spiro atoms. The fourth-order valence-corrected chi connectivity index (χ4v) is 3.60. The molecule has 0 N–H and O–H groups in total. The second-order valence-corrected chi connectivity index (χ2v) is 7.11. The van der Waals surface area contributed by atoms with Gasteiger partial charge in [0.05, 0.1) is 0 Å². The van der Waals surface area contributed by atoms with Gasteiger partial charge in [-0.15, -0.1) is 0 Å². The fraction of sp³-hybridized carbons (Fsp3) is 0.200. The van der Waals surface area contributed by atoms with E-state index in [9.17, 15) is 9.59 Å². The van der Waals surface area contributed by atoms with E-state index in [1.807, 2.05) is 49.4 Å². The highest BCUT2D eigenvalue weighted by Gasteiger charge is 2.32. The predicted octanol–water partition coefficient (Wildman–Crippen LogP) is 4.18. The number of imide groups is 1. The van der Waals surface area contributed by atoms with Crippen molar-refractivity contribution in [3.8, 4) is 11.8 Å². The van der Waals surface area contributed by atoms with Crippen LogP contribution >= 0.6 is 0 Å². The highest BCUT2D eigenvalue weighted by Crippen LogP contribution is 2.32. The van der Waals surface area contributed by atoms with Crippen molar-refractivity contribution in [2.24, 2.45) is 0 Å². The van der Waals surface area contributed by atoms with E-state index in [2.05, 4.69) is 11.8 Å². The first-order valence-electron chi connectivity index (χ1n) is 9.59. The molecule has 1 aliphatic heterocycles. The van der Waals surface area contributed by atoms with Crippen molar-refractivity contribution < 1.29 is 14.3 Å². The minimum Gasteiger partial charge on any atom is -0.385 e. The summed E-state index contributed by atoms with van der Waals surface area (Å²) in [6.45, 7) is 2.88. The molecule has 0 saturated heterocycles. The molecule has 0 unspecified atom stereocenters. The highest BCUT2D eigenvalue weighted by atomic mass is 16.5. The summed E-state index contributed by atoms with van der Waals surface area (Å²) in [5.41, 5.74) is 4.01. The molecule has 0 aromatic heterocycles. The Bertz CT molecular complexity index is 1140. The zero-order valence-electron chi connectivity index (χ0n) is 16.5. The first-order chi connectivity index (χ1) is 14.1. The number of ether oxygens (including phenoxy) is 1. The molecule has 144 valence electrons. The Balaban J connectivity index is 1.77. The Labute approximate surface area is 170 Å². The summed E-state index contributed by atoms with van der Waals surface area (Å²) < 4.78 is 5.05. The van der Waals surface area contributed by atoms with E-state index in [0.717, 1.165) is 16.5 Å². The van der Waals surface area contributed by atoms with E-state index in [1.165, 1.54) is 10.5 Å². The lowest BCUT2D eigenvalue weighted by Crippen LogP contribution is -2.41. The van der Waals surface area contributed by atoms with Crippen molar-refractivity contribution in [1.29, 1.82) is 0 Å². The third kappa shape index (κ3) is 3.53. The van der Waals surface area contributed by atoms with Crippen LogP contribution in [0, 0.1) is 18.8 Å². The summed E-state index contributed by atoms with van der Waals surface area (Å²) in [7, 11) is 1.61. The monoisotopic (exact) mass is 383 g/mol. The molecule has 1 aliphatic rings.